The highest BCUT2D eigenvalue weighted by Crippen LogP contribution is 2.28. The molecule has 0 amide bonds. The van der Waals surface area contributed by atoms with Crippen LogP contribution in [0.1, 0.15) is 29.5 Å². The van der Waals surface area contributed by atoms with E-state index >= 15 is 0 Å². The third-order valence-corrected chi connectivity index (χ3v) is 3.42. The Hall–Kier alpha value is -2.42. The van der Waals surface area contributed by atoms with Gasteiger partial charge in [0, 0.05) is 11.5 Å². The number of carboxylic acids is 1. The van der Waals surface area contributed by atoms with Crippen LogP contribution in [0.2, 0.25) is 0 Å². The summed E-state index contributed by atoms with van der Waals surface area (Å²) in [5, 5.41) is 9.08. The molecule has 21 heavy (non-hydrogen) atoms. The molecule has 3 heteroatoms. The molecule has 108 valence electrons. The molecular formula is C18H17FO2. The van der Waals surface area contributed by atoms with Crippen molar-refractivity contribution in [2.45, 2.75) is 19.8 Å². The van der Waals surface area contributed by atoms with Crippen molar-refractivity contribution < 1.29 is 14.3 Å². The SMILES string of the molecule is C/C(=C\C(c1ccc(C)cc1)c1ccc(F)cc1)C(=O)O. The molecule has 0 aliphatic rings. The number of hydrogen-bond acceptors (Lipinski definition) is 1. The Kier molecular flexibility index (Phi) is 4.53. The number of allylic oxidation sites excluding steroid dienone is 1. The Labute approximate surface area is 123 Å². The van der Waals surface area contributed by atoms with Crippen LogP contribution in [0.5, 0.6) is 0 Å². The van der Waals surface area contributed by atoms with Gasteiger partial charge in [-0.3, -0.25) is 0 Å². The number of hydrogen-bond donors (Lipinski definition) is 1. The predicted molar refractivity (Wildman–Crippen MR) is 80.8 cm³/mol. The van der Waals surface area contributed by atoms with E-state index in [1.807, 2.05) is 31.2 Å². The third kappa shape index (κ3) is 3.78. The molecule has 2 rings (SSSR count). The zero-order valence-corrected chi connectivity index (χ0v) is 12.0. The van der Waals surface area contributed by atoms with Crippen molar-refractivity contribution in [3.05, 3.63) is 82.7 Å². The van der Waals surface area contributed by atoms with Gasteiger partial charge in [0.25, 0.3) is 0 Å². The van der Waals surface area contributed by atoms with Crippen molar-refractivity contribution in [2.24, 2.45) is 0 Å². The molecule has 0 spiro atoms. The van der Waals surface area contributed by atoms with Crippen LogP contribution in [-0.2, 0) is 4.79 Å². The molecule has 1 N–H and O–H groups in total. The van der Waals surface area contributed by atoms with Gasteiger partial charge in [0.15, 0.2) is 0 Å². The molecule has 0 fully saturated rings. The number of aliphatic carboxylic acids is 1. The molecule has 0 aliphatic heterocycles. The summed E-state index contributed by atoms with van der Waals surface area (Å²) in [4.78, 5) is 11.1. The van der Waals surface area contributed by atoms with Crippen molar-refractivity contribution in [3.63, 3.8) is 0 Å². The fourth-order valence-electron chi connectivity index (χ4n) is 2.15. The van der Waals surface area contributed by atoms with Gasteiger partial charge < -0.3 is 5.11 Å². The van der Waals surface area contributed by atoms with E-state index in [2.05, 4.69) is 0 Å². The largest absolute Gasteiger partial charge is 0.478 e. The first-order chi connectivity index (χ1) is 9.97. The van der Waals surface area contributed by atoms with Crippen LogP contribution in [0.4, 0.5) is 4.39 Å². The number of rotatable bonds is 4. The van der Waals surface area contributed by atoms with E-state index in [0.717, 1.165) is 16.7 Å². The average Bonchev–Trinajstić information content (AvgIpc) is 2.46. The van der Waals surface area contributed by atoms with Crippen LogP contribution in [0.15, 0.2) is 60.2 Å². The molecular weight excluding hydrogens is 267 g/mol. The molecule has 1 atom stereocenters. The molecule has 2 aromatic carbocycles. The highest BCUT2D eigenvalue weighted by molar-refractivity contribution is 5.86. The fraction of sp³-hybridized carbons (Fsp3) is 0.167. The standard InChI is InChI=1S/C18H17FO2/c1-12-3-5-14(6-4-12)17(11-13(2)18(20)21)15-7-9-16(19)10-8-15/h3-11,17H,1-2H3,(H,20,21)/b13-11+. The second-order valence-electron chi connectivity index (χ2n) is 5.09. The fourth-order valence-corrected chi connectivity index (χ4v) is 2.15. The van der Waals surface area contributed by atoms with Crippen molar-refractivity contribution in [3.8, 4) is 0 Å². The summed E-state index contributed by atoms with van der Waals surface area (Å²) >= 11 is 0. The van der Waals surface area contributed by atoms with Gasteiger partial charge in [0.1, 0.15) is 5.82 Å². The van der Waals surface area contributed by atoms with Crippen molar-refractivity contribution >= 4 is 5.97 Å². The van der Waals surface area contributed by atoms with Crippen molar-refractivity contribution in [2.75, 3.05) is 0 Å². The highest BCUT2D eigenvalue weighted by Gasteiger charge is 2.14. The number of aryl methyl sites for hydroxylation is 1. The van der Waals surface area contributed by atoms with Gasteiger partial charge in [0.2, 0.25) is 0 Å². The highest BCUT2D eigenvalue weighted by atomic mass is 19.1. The van der Waals surface area contributed by atoms with Crippen molar-refractivity contribution in [1.29, 1.82) is 0 Å². The van der Waals surface area contributed by atoms with Crippen LogP contribution >= 0.6 is 0 Å². The Morgan fingerprint density at radius 1 is 1.05 bits per heavy atom. The maximum atomic E-state index is 13.1. The molecule has 1 unspecified atom stereocenters. The Morgan fingerprint density at radius 3 is 2.00 bits per heavy atom. The maximum absolute atomic E-state index is 13.1. The summed E-state index contributed by atoms with van der Waals surface area (Å²) in [6, 6.07) is 14.0. The van der Waals surface area contributed by atoms with E-state index in [9.17, 15) is 9.18 Å². The first-order valence-electron chi connectivity index (χ1n) is 6.71. The van der Waals surface area contributed by atoms with E-state index in [4.69, 9.17) is 5.11 Å². The molecule has 2 aromatic rings. The quantitative estimate of drug-likeness (QED) is 0.850. The maximum Gasteiger partial charge on any atom is 0.330 e. The van der Waals surface area contributed by atoms with Crippen LogP contribution in [0.25, 0.3) is 0 Å². The first kappa shape index (κ1) is 15.0. The van der Waals surface area contributed by atoms with Gasteiger partial charge in [-0.05, 0) is 37.1 Å². The summed E-state index contributed by atoms with van der Waals surface area (Å²) in [5.41, 5.74) is 3.24. The summed E-state index contributed by atoms with van der Waals surface area (Å²) in [6.07, 6.45) is 1.69. The lowest BCUT2D eigenvalue weighted by Gasteiger charge is -2.15. The lowest BCUT2D eigenvalue weighted by Crippen LogP contribution is -2.03. The molecule has 0 saturated carbocycles. The molecule has 0 aromatic heterocycles. The number of carboxylic acid groups (broad SMARTS) is 1. The Balaban J connectivity index is 2.48. The third-order valence-electron chi connectivity index (χ3n) is 3.42. The van der Waals surface area contributed by atoms with Crippen LogP contribution in [0.3, 0.4) is 0 Å². The van der Waals surface area contributed by atoms with Crippen LogP contribution in [0, 0.1) is 12.7 Å². The Morgan fingerprint density at radius 2 is 1.52 bits per heavy atom. The molecule has 0 radical (unpaired) electrons. The first-order valence-corrected chi connectivity index (χ1v) is 6.71. The van der Waals surface area contributed by atoms with E-state index in [-0.39, 0.29) is 17.3 Å². The van der Waals surface area contributed by atoms with Crippen molar-refractivity contribution in [1.82, 2.24) is 0 Å². The lowest BCUT2D eigenvalue weighted by atomic mass is 9.89. The molecule has 0 heterocycles. The van der Waals surface area contributed by atoms with Gasteiger partial charge in [-0.15, -0.1) is 0 Å². The van der Waals surface area contributed by atoms with E-state index in [1.54, 1.807) is 25.1 Å². The van der Waals surface area contributed by atoms with Gasteiger partial charge in [-0.2, -0.15) is 0 Å². The number of carbonyl (C=O) groups is 1. The zero-order chi connectivity index (χ0) is 15.4. The lowest BCUT2D eigenvalue weighted by molar-refractivity contribution is -0.132. The summed E-state index contributed by atoms with van der Waals surface area (Å²) in [5.74, 6) is -1.46. The number of halogens is 1. The molecule has 0 bridgehead atoms. The number of benzene rings is 2. The second-order valence-corrected chi connectivity index (χ2v) is 5.09. The van der Waals surface area contributed by atoms with Gasteiger partial charge in [-0.1, -0.05) is 48.0 Å². The molecule has 0 aliphatic carbocycles. The average molecular weight is 284 g/mol. The van der Waals surface area contributed by atoms with Gasteiger partial charge in [-0.25, -0.2) is 9.18 Å². The smallest absolute Gasteiger partial charge is 0.330 e. The Bertz CT molecular complexity index is 609. The van der Waals surface area contributed by atoms with E-state index in [0.29, 0.717) is 0 Å². The predicted octanol–water partition coefficient (Wildman–Crippen LogP) is 4.30. The van der Waals surface area contributed by atoms with E-state index in [1.165, 1.54) is 12.1 Å². The van der Waals surface area contributed by atoms with Crippen LogP contribution in [-0.4, -0.2) is 11.1 Å². The minimum absolute atomic E-state index is 0.206. The molecule has 2 nitrogen and oxygen atoms in total. The monoisotopic (exact) mass is 284 g/mol. The summed E-state index contributed by atoms with van der Waals surface area (Å²) < 4.78 is 13.1. The minimum Gasteiger partial charge on any atom is -0.478 e. The summed E-state index contributed by atoms with van der Waals surface area (Å²) in [7, 11) is 0. The summed E-state index contributed by atoms with van der Waals surface area (Å²) in [6.45, 7) is 3.56. The van der Waals surface area contributed by atoms with E-state index < -0.39 is 5.97 Å². The topological polar surface area (TPSA) is 37.3 Å². The second kappa shape index (κ2) is 6.35. The minimum atomic E-state index is -0.950. The van der Waals surface area contributed by atoms with Gasteiger partial charge >= 0.3 is 5.97 Å². The zero-order valence-electron chi connectivity index (χ0n) is 12.0. The van der Waals surface area contributed by atoms with Crippen LogP contribution < -0.4 is 0 Å². The molecule has 0 saturated heterocycles. The van der Waals surface area contributed by atoms with Gasteiger partial charge in [0.05, 0.1) is 0 Å². The normalized spacial score (nSPS) is 13.0.